The highest BCUT2D eigenvalue weighted by Gasteiger charge is 2.15. The van der Waals surface area contributed by atoms with Crippen LogP contribution >= 0.6 is 23.2 Å². The summed E-state index contributed by atoms with van der Waals surface area (Å²) in [6, 6.07) is 28.4. The molecular weight excluding hydrogens is 569 g/mol. The van der Waals surface area contributed by atoms with E-state index in [1.165, 1.54) is 0 Å². The molecule has 4 aromatic carbocycles. The van der Waals surface area contributed by atoms with E-state index in [0.717, 1.165) is 45.0 Å². The van der Waals surface area contributed by atoms with E-state index in [2.05, 4.69) is 25.3 Å². The van der Waals surface area contributed by atoms with Crippen LogP contribution in [0.2, 0.25) is 10.0 Å². The second kappa shape index (κ2) is 12.3. The lowest BCUT2D eigenvalue weighted by Crippen LogP contribution is -2.23. The number of aromatic amines is 2. The van der Waals surface area contributed by atoms with Gasteiger partial charge in [-0.3, -0.25) is 4.79 Å². The maximum absolute atomic E-state index is 12.9. The molecule has 0 radical (unpaired) electrons. The van der Waals surface area contributed by atoms with Crippen molar-refractivity contribution >= 4 is 29.1 Å². The van der Waals surface area contributed by atoms with E-state index in [4.69, 9.17) is 27.9 Å². The average Bonchev–Trinajstić information content (AvgIpc) is 3.73. The highest BCUT2D eigenvalue weighted by Crippen LogP contribution is 2.32. The third-order valence-electron chi connectivity index (χ3n) is 6.76. The number of hydrogen-bond donors (Lipinski definition) is 3. The third-order valence-corrected chi connectivity index (χ3v) is 7.33. The zero-order valence-electron chi connectivity index (χ0n) is 22.3. The van der Waals surface area contributed by atoms with Crippen molar-refractivity contribution in [1.82, 2.24) is 25.3 Å². The second-order valence-corrected chi connectivity index (χ2v) is 10.4. The molecule has 0 bridgehead atoms. The van der Waals surface area contributed by atoms with Gasteiger partial charge in [0.15, 0.2) is 0 Å². The smallest absolute Gasteiger partial charge is 0.253 e. The molecule has 0 fully saturated rings. The molecule has 3 N–H and O–H groups in total. The predicted octanol–water partition coefficient (Wildman–Crippen LogP) is 7.95. The van der Waals surface area contributed by atoms with Gasteiger partial charge in [0, 0.05) is 28.3 Å². The summed E-state index contributed by atoms with van der Waals surface area (Å²) < 4.78 is 6.16. The van der Waals surface area contributed by atoms with Crippen molar-refractivity contribution in [1.29, 1.82) is 0 Å². The summed E-state index contributed by atoms with van der Waals surface area (Å²) in [7, 11) is 0. The molecule has 208 valence electrons. The first kappa shape index (κ1) is 27.3. The fourth-order valence-electron chi connectivity index (χ4n) is 4.68. The number of aromatic nitrogens is 4. The molecule has 0 aliphatic rings. The standard InChI is InChI=1S/C33H25Cl2N5O2/c34-24-7-5-6-21(14-24)19-42-31-11-4-2-9-27(31)30-18-37-32(40-30)22-12-13-25(29-17-36-20-39-29)23(15-22)16-38-33(41)26-8-1-3-10-28(26)35/h1-15,17-18,20H,16,19H2,(H,36,39)(H,37,40)(H,38,41). The van der Waals surface area contributed by atoms with Gasteiger partial charge in [-0.1, -0.05) is 71.7 Å². The quantitative estimate of drug-likeness (QED) is 0.158. The summed E-state index contributed by atoms with van der Waals surface area (Å²) in [5.74, 6) is 1.16. The largest absolute Gasteiger partial charge is 0.488 e. The summed E-state index contributed by atoms with van der Waals surface area (Å²) in [5.41, 5.74) is 6.62. The minimum Gasteiger partial charge on any atom is -0.488 e. The van der Waals surface area contributed by atoms with Crippen LogP contribution in [0, 0.1) is 0 Å². The number of nitrogens with zero attached hydrogens (tertiary/aromatic N) is 2. The molecule has 0 spiro atoms. The lowest BCUT2D eigenvalue weighted by Gasteiger charge is -2.12. The Morgan fingerprint density at radius 1 is 0.857 bits per heavy atom. The van der Waals surface area contributed by atoms with E-state index < -0.39 is 0 Å². The van der Waals surface area contributed by atoms with E-state index in [1.54, 1.807) is 43.0 Å². The van der Waals surface area contributed by atoms with Crippen LogP contribution < -0.4 is 10.1 Å². The van der Waals surface area contributed by atoms with Gasteiger partial charge in [0.25, 0.3) is 5.91 Å². The van der Waals surface area contributed by atoms with Crippen molar-refractivity contribution in [3.05, 3.63) is 136 Å². The molecule has 0 aliphatic carbocycles. The van der Waals surface area contributed by atoms with Crippen LogP contribution in [0.3, 0.4) is 0 Å². The van der Waals surface area contributed by atoms with Crippen molar-refractivity contribution in [3.63, 3.8) is 0 Å². The SMILES string of the molecule is O=C(NCc1cc(-c2ncc(-c3ccccc3OCc3cccc(Cl)c3)[nH]2)ccc1-c1cnc[nH]1)c1ccccc1Cl. The molecule has 6 aromatic rings. The van der Waals surface area contributed by atoms with Gasteiger partial charge in [-0.05, 0) is 53.6 Å². The molecule has 0 atom stereocenters. The molecule has 0 unspecified atom stereocenters. The minimum absolute atomic E-state index is 0.253. The van der Waals surface area contributed by atoms with Gasteiger partial charge in [0.05, 0.1) is 40.7 Å². The summed E-state index contributed by atoms with van der Waals surface area (Å²) in [5, 5.41) is 4.06. The number of carbonyl (C=O) groups is 1. The Hall–Kier alpha value is -4.85. The van der Waals surface area contributed by atoms with Crippen molar-refractivity contribution in [2.75, 3.05) is 0 Å². The van der Waals surface area contributed by atoms with Crippen LogP contribution in [-0.4, -0.2) is 25.8 Å². The first-order valence-electron chi connectivity index (χ1n) is 13.2. The highest BCUT2D eigenvalue weighted by molar-refractivity contribution is 6.33. The van der Waals surface area contributed by atoms with Crippen LogP contribution in [0.15, 0.2) is 110 Å². The molecule has 6 rings (SSSR count). The van der Waals surface area contributed by atoms with E-state index in [1.807, 2.05) is 66.7 Å². The van der Waals surface area contributed by atoms with E-state index in [9.17, 15) is 4.79 Å². The van der Waals surface area contributed by atoms with Crippen LogP contribution in [0.1, 0.15) is 21.5 Å². The molecule has 9 heteroatoms. The van der Waals surface area contributed by atoms with Crippen molar-refractivity contribution < 1.29 is 9.53 Å². The van der Waals surface area contributed by atoms with Crippen LogP contribution in [0.4, 0.5) is 0 Å². The third kappa shape index (κ3) is 6.07. The molecule has 42 heavy (non-hydrogen) atoms. The number of imidazole rings is 2. The number of ether oxygens (including phenoxy) is 1. The monoisotopic (exact) mass is 593 g/mol. The number of para-hydroxylation sites is 1. The van der Waals surface area contributed by atoms with Gasteiger partial charge in [0.1, 0.15) is 18.2 Å². The second-order valence-electron chi connectivity index (χ2n) is 9.56. The lowest BCUT2D eigenvalue weighted by atomic mass is 10.0. The van der Waals surface area contributed by atoms with Gasteiger partial charge in [-0.25, -0.2) is 9.97 Å². The molecule has 7 nitrogen and oxygen atoms in total. The number of hydrogen-bond acceptors (Lipinski definition) is 4. The van der Waals surface area contributed by atoms with Gasteiger partial charge >= 0.3 is 0 Å². The summed E-state index contributed by atoms with van der Waals surface area (Å²) in [6.45, 7) is 0.664. The van der Waals surface area contributed by atoms with Crippen LogP contribution in [0.25, 0.3) is 33.9 Å². The zero-order chi connectivity index (χ0) is 28.9. The first-order valence-corrected chi connectivity index (χ1v) is 14.0. The highest BCUT2D eigenvalue weighted by atomic mass is 35.5. The molecule has 2 aromatic heterocycles. The molecule has 0 saturated carbocycles. The number of H-pyrrole nitrogens is 2. The van der Waals surface area contributed by atoms with Crippen LogP contribution in [0.5, 0.6) is 5.75 Å². The average molecular weight is 595 g/mol. The summed E-state index contributed by atoms with van der Waals surface area (Å²) in [4.78, 5) is 28.3. The number of benzene rings is 4. The normalized spacial score (nSPS) is 10.9. The molecule has 1 amide bonds. The first-order chi connectivity index (χ1) is 20.5. The zero-order valence-corrected chi connectivity index (χ0v) is 23.8. The van der Waals surface area contributed by atoms with Gasteiger partial charge < -0.3 is 20.0 Å². The van der Waals surface area contributed by atoms with E-state index in [-0.39, 0.29) is 12.5 Å². The Bertz CT molecular complexity index is 1850. The topological polar surface area (TPSA) is 95.7 Å². The summed E-state index contributed by atoms with van der Waals surface area (Å²) in [6.07, 6.45) is 5.17. The minimum atomic E-state index is -0.253. The summed E-state index contributed by atoms with van der Waals surface area (Å²) >= 11 is 12.4. The lowest BCUT2D eigenvalue weighted by molar-refractivity contribution is 0.0951. The number of carbonyl (C=O) groups excluding carboxylic acids is 1. The Balaban J connectivity index is 1.26. The van der Waals surface area contributed by atoms with Gasteiger partial charge in [0.2, 0.25) is 0 Å². The van der Waals surface area contributed by atoms with Crippen molar-refractivity contribution in [2.24, 2.45) is 0 Å². The Morgan fingerprint density at radius 3 is 2.55 bits per heavy atom. The number of nitrogens with one attached hydrogen (secondary N) is 3. The van der Waals surface area contributed by atoms with E-state index >= 15 is 0 Å². The number of amides is 1. The Morgan fingerprint density at radius 2 is 1.71 bits per heavy atom. The molecular formula is C33H25Cl2N5O2. The van der Waals surface area contributed by atoms with Crippen molar-refractivity contribution in [2.45, 2.75) is 13.2 Å². The van der Waals surface area contributed by atoms with E-state index in [0.29, 0.717) is 28.0 Å². The van der Waals surface area contributed by atoms with Gasteiger partial charge in [-0.2, -0.15) is 0 Å². The maximum Gasteiger partial charge on any atom is 0.253 e. The van der Waals surface area contributed by atoms with Crippen LogP contribution in [-0.2, 0) is 13.2 Å². The Labute approximate surface area is 252 Å². The molecule has 0 saturated heterocycles. The fourth-order valence-corrected chi connectivity index (χ4v) is 5.11. The maximum atomic E-state index is 12.9. The molecule has 2 heterocycles. The predicted molar refractivity (Wildman–Crippen MR) is 165 cm³/mol. The van der Waals surface area contributed by atoms with Gasteiger partial charge in [-0.15, -0.1) is 0 Å². The number of halogens is 2. The number of rotatable bonds is 9. The Kier molecular flexibility index (Phi) is 8.03. The molecule has 0 aliphatic heterocycles. The van der Waals surface area contributed by atoms with Crippen molar-refractivity contribution in [3.8, 4) is 39.7 Å². The fraction of sp³-hybridized carbons (Fsp3) is 0.0606.